The zero-order valence-corrected chi connectivity index (χ0v) is 14.8. The van der Waals surface area contributed by atoms with Gasteiger partial charge in [0.2, 0.25) is 11.9 Å². The molecular formula is C17H23N7O2. The molecule has 0 saturated carbocycles. The normalized spacial score (nSPS) is 18.8. The van der Waals surface area contributed by atoms with Crippen LogP contribution in [0.15, 0.2) is 18.6 Å². The van der Waals surface area contributed by atoms with Gasteiger partial charge in [-0.2, -0.15) is 4.98 Å². The molecule has 1 spiro atoms. The van der Waals surface area contributed by atoms with Crippen LogP contribution in [0, 0.1) is 0 Å². The Bertz CT molecular complexity index is 798. The van der Waals surface area contributed by atoms with Crippen molar-refractivity contribution in [3.8, 4) is 0 Å². The number of H-pyrrole nitrogens is 1. The number of hydrogen-bond donors (Lipinski definition) is 2. The van der Waals surface area contributed by atoms with E-state index in [0.29, 0.717) is 18.3 Å². The van der Waals surface area contributed by atoms with Crippen LogP contribution in [0.2, 0.25) is 0 Å². The molecule has 0 aliphatic carbocycles. The lowest BCUT2D eigenvalue weighted by atomic mass is 9.78. The number of carbonyl (C=O) groups excluding carboxylic acids is 1. The molecule has 4 rings (SSSR count). The van der Waals surface area contributed by atoms with Crippen LogP contribution in [0.3, 0.4) is 0 Å². The molecule has 2 aliphatic heterocycles. The van der Waals surface area contributed by atoms with Gasteiger partial charge >= 0.3 is 0 Å². The van der Waals surface area contributed by atoms with Gasteiger partial charge in [-0.3, -0.25) is 4.79 Å². The van der Waals surface area contributed by atoms with Crippen LogP contribution in [0.4, 0.5) is 11.8 Å². The van der Waals surface area contributed by atoms with Gasteiger partial charge < -0.3 is 25.3 Å². The summed E-state index contributed by atoms with van der Waals surface area (Å²) in [7, 11) is 1.55. The fourth-order valence-corrected chi connectivity index (χ4v) is 4.14. The van der Waals surface area contributed by atoms with E-state index in [1.54, 1.807) is 25.7 Å². The van der Waals surface area contributed by atoms with Crippen LogP contribution in [-0.2, 0) is 21.5 Å². The van der Waals surface area contributed by atoms with E-state index in [4.69, 9.17) is 10.5 Å². The minimum atomic E-state index is -0.403. The molecule has 2 aliphatic rings. The first kappa shape index (κ1) is 16.8. The number of amides is 1. The Labute approximate surface area is 151 Å². The number of aromatic amines is 1. The van der Waals surface area contributed by atoms with Gasteiger partial charge in [-0.25, -0.2) is 9.97 Å². The Morgan fingerprint density at radius 1 is 1.35 bits per heavy atom. The first-order chi connectivity index (χ1) is 12.6. The fourth-order valence-electron chi connectivity index (χ4n) is 4.14. The molecule has 9 nitrogen and oxygen atoms in total. The van der Waals surface area contributed by atoms with E-state index < -0.39 is 5.54 Å². The number of hydrogen-bond acceptors (Lipinski definition) is 7. The highest BCUT2D eigenvalue weighted by molar-refractivity contribution is 5.79. The molecule has 1 saturated heterocycles. The van der Waals surface area contributed by atoms with E-state index in [1.807, 2.05) is 4.90 Å². The number of carbonyl (C=O) groups is 1. The number of rotatable bonds is 3. The largest absolute Gasteiger partial charge is 0.384 e. The summed E-state index contributed by atoms with van der Waals surface area (Å²) in [6.45, 7) is 2.22. The van der Waals surface area contributed by atoms with E-state index in [1.165, 1.54) is 0 Å². The quantitative estimate of drug-likeness (QED) is 0.812. The molecule has 26 heavy (non-hydrogen) atoms. The van der Waals surface area contributed by atoms with Gasteiger partial charge in [0.15, 0.2) is 0 Å². The summed E-state index contributed by atoms with van der Waals surface area (Å²) in [4.78, 5) is 33.2. The summed E-state index contributed by atoms with van der Waals surface area (Å²) in [5, 5.41) is 0. The number of anilines is 2. The van der Waals surface area contributed by atoms with E-state index in [9.17, 15) is 4.79 Å². The zero-order valence-electron chi connectivity index (χ0n) is 14.8. The molecule has 0 unspecified atom stereocenters. The highest BCUT2D eigenvalue weighted by atomic mass is 16.5. The average molecular weight is 357 g/mol. The van der Waals surface area contributed by atoms with Crippen LogP contribution in [0.5, 0.6) is 0 Å². The van der Waals surface area contributed by atoms with Gasteiger partial charge in [0.25, 0.3) is 0 Å². The summed E-state index contributed by atoms with van der Waals surface area (Å²) in [6.07, 6.45) is 5.71. The Kier molecular flexibility index (Phi) is 4.23. The molecule has 0 aromatic carbocycles. The molecule has 0 radical (unpaired) electrons. The van der Waals surface area contributed by atoms with Crippen molar-refractivity contribution in [2.75, 3.05) is 44.0 Å². The van der Waals surface area contributed by atoms with E-state index in [-0.39, 0.29) is 12.5 Å². The second kappa shape index (κ2) is 6.56. The van der Waals surface area contributed by atoms with Gasteiger partial charge in [-0.05, 0) is 18.9 Å². The standard InChI is InChI=1S/C17H23N7O2/c1-26-10-14(25)24-7-3-12-15(21-11-20-12)17(24)4-8-23(9-5-17)16-19-6-2-13(18)22-16/h2,6,11H,3-5,7-10H2,1H3,(H,20,21)(H2,18,19,22). The van der Waals surface area contributed by atoms with Gasteiger partial charge in [0.1, 0.15) is 12.4 Å². The molecule has 9 heteroatoms. The second-order valence-electron chi connectivity index (χ2n) is 6.76. The van der Waals surface area contributed by atoms with Crippen molar-refractivity contribution >= 4 is 17.7 Å². The molecule has 4 heterocycles. The van der Waals surface area contributed by atoms with Crippen molar-refractivity contribution < 1.29 is 9.53 Å². The number of nitrogens with zero attached hydrogens (tertiary/aromatic N) is 5. The number of fused-ring (bicyclic) bond motifs is 2. The molecular weight excluding hydrogens is 334 g/mol. The topological polar surface area (TPSA) is 113 Å². The lowest BCUT2D eigenvalue weighted by Crippen LogP contribution is -2.59. The van der Waals surface area contributed by atoms with E-state index >= 15 is 0 Å². The van der Waals surface area contributed by atoms with E-state index in [2.05, 4.69) is 24.8 Å². The first-order valence-corrected chi connectivity index (χ1v) is 8.79. The summed E-state index contributed by atoms with van der Waals surface area (Å²) in [6, 6.07) is 1.68. The van der Waals surface area contributed by atoms with Gasteiger partial charge in [0.05, 0.1) is 17.6 Å². The maximum atomic E-state index is 12.7. The monoisotopic (exact) mass is 357 g/mol. The number of piperidine rings is 1. The molecule has 3 N–H and O–H groups in total. The van der Waals surface area contributed by atoms with Crippen molar-refractivity contribution in [2.24, 2.45) is 0 Å². The minimum Gasteiger partial charge on any atom is -0.384 e. The third kappa shape index (κ3) is 2.68. The van der Waals surface area contributed by atoms with Crippen LogP contribution >= 0.6 is 0 Å². The molecule has 138 valence electrons. The molecule has 1 amide bonds. The number of methoxy groups -OCH3 is 1. The summed E-state index contributed by atoms with van der Waals surface area (Å²) >= 11 is 0. The highest BCUT2D eigenvalue weighted by Gasteiger charge is 2.48. The van der Waals surface area contributed by atoms with E-state index in [0.717, 1.165) is 43.7 Å². The smallest absolute Gasteiger partial charge is 0.249 e. The average Bonchev–Trinajstić information content (AvgIpc) is 3.13. The van der Waals surface area contributed by atoms with Crippen molar-refractivity contribution in [3.63, 3.8) is 0 Å². The van der Waals surface area contributed by atoms with Crippen LogP contribution in [0.25, 0.3) is 0 Å². The lowest BCUT2D eigenvalue weighted by molar-refractivity contribution is -0.144. The number of nitrogens with one attached hydrogen (secondary N) is 1. The number of ether oxygens (including phenoxy) is 1. The minimum absolute atomic E-state index is 0.00908. The predicted molar refractivity (Wildman–Crippen MR) is 95.5 cm³/mol. The maximum absolute atomic E-state index is 12.7. The Hall–Kier alpha value is -2.68. The van der Waals surface area contributed by atoms with Gasteiger partial charge in [0, 0.05) is 45.1 Å². The number of nitrogens with two attached hydrogens (primary N) is 1. The number of nitrogen functional groups attached to an aromatic ring is 1. The van der Waals surface area contributed by atoms with Gasteiger partial charge in [-0.15, -0.1) is 0 Å². The lowest BCUT2D eigenvalue weighted by Gasteiger charge is -2.50. The Balaban J connectivity index is 1.62. The first-order valence-electron chi connectivity index (χ1n) is 8.79. The van der Waals surface area contributed by atoms with Crippen molar-refractivity contribution in [3.05, 3.63) is 30.0 Å². The van der Waals surface area contributed by atoms with Crippen molar-refractivity contribution in [2.45, 2.75) is 24.8 Å². The predicted octanol–water partition coefficient (Wildman–Crippen LogP) is 0.309. The second-order valence-corrected chi connectivity index (χ2v) is 6.76. The molecule has 2 aromatic rings. The van der Waals surface area contributed by atoms with Crippen LogP contribution < -0.4 is 10.6 Å². The number of imidazole rings is 1. The molecule has 0 bridgehead atoms. The molecule has 2 aromatic heterocycles. The number of aromatic nitrogens is 4. The van der Waals surface area contributed by atoms with Crippen molar-refractivity contribution in [1.29, 1.82) is 0 Å². The maximum Gasteiger partial charge on any atom is 0.249 e. The van der Waals surface area contributed by atoms with Gasteiger partial charge in [-0.1, -0.05) is 0 Å². The third-order valence-corrected chi connectivity index (χ3v) is 5.37. The zero-order chi connectivity index (χ0) is 18.1. The third-order valence-electron chi connectivity index (χ3n) is 5.37. The Morgan fingerprint density at radius 3 is 2.88 bits per heavy atom. The molecule has 0 atom stereocenters. The van der Waals surface area contributed by atoms with Crippen molar-refractivity contribution in [1.82, 2.24) is 24.8 Å². The summed E-state index contributed by atoms with van der Waals surface area (Å²) in [5.74, 6) is 1.10. The van der Waals surface area contributed by atoms with Crippen LogP contribution in [-0.4, -0.2) is 64.1 Å². The molecule has 1 fully saturated rings. The summed E-state index contributed by atoms with van der Waals surface area (Å²) in [5.41, 5.74) is 7.50. The highest BCUT2D eigenvalue weighted by Crippen LogP contribution is 2.42. The fraction of sp³-hybridized carbons (Fsp3) is 0.529. The summed E-state index contributed by atoms with van der Waals surface area (Å²) < 4.78 is 5.10. The Morgan fingerprint density at radius 2 is 2.15 bits per heavy atom. The SMILES string of the molecule is COCC(=O)N1CCc2[nH]cnc2C12CCN(c1nccc(N)n1)CC2. The van der Waals surface area contributed by atoms with Crippen LogP contribution in [0.1, 0.15) is 24.2 Å².